The summed E-state index contributed by atoms with van der Waals surface area (Å²) in [5.74, 6) is -0.0207. The number of aromatic nitrogens is 2. The van der Waals surface area contributed by atoms with Crippen LogP contribution in [0.3, 0.4) is 0 Å². The van der Waals surface area contributed by atoms with E-state index in [1.807, 2.05) is 0 Å². The van der Waals surface area contributed by atoms with Crippen LogP contribution in [-0.4, -0.2) is 41.0 Å². The fourth-order valence-electron chi connectivity index (χ4n) is 2.70. The van der Waals surface area contributed by atoms with Gasteiger partial charge in [0.1, 0.15) is 5.82 Å². The summed E-state index contributed by atoms with van der Waals surface area (Å²) in [6.07, 6.45) is 1.09. The van der Waals surface area contributed by atoms with Gasteiger partial charge in [0.05, 0.1) is 10.7 Å². The lowest BCUT2D eigenvalue weighted by molar-refractivity contribution is -0.116. The number of carbonyl (C=O) groups excluding carboxylic acids is 2. The molecule has 0 aliphatic rings. The van der Waals surface area contributed by atoms with E-state index in [-0.39, 0.29) is 24.1 Å². The summed E-state index contributed by atoms with van der Waals surface area (Å²) in [4.78, 5) is 30.0. The zero-order valence-corrected chi connectivity index (χ0v) is 17.2. The molecule has 0 aliphatic heterocycles. The number of carbonyl (C=O) groups is 2. The Morgan fingerprint density at radius 2 is 1.90 bits per heavy atom. The highest BCUT2D eigenvalue weighted by Crippen LogP contribution is 2.24. The van der Waals surface area contributed by atoms with Gasteiger partial charge in [0, 0.05) is 38.1 Å². The zero-order chi connectivity index (χ0) is 21.7. The van der Waals surface area contributed by atoms with Gasteiger partial charge < -0.3 is 14.7 Å². The molecule has 2 aromatic carbocycles. The molecular weight excluding hydrogens is 411 g/mol. The molecule has 7 nitrogen and oxygen atoms in total. The highest BCUT2D eigenvalue weighted by atomic mass is 35.5. The minimum atomic E-state index is -0.342. The maximum absolute atomic E-state index is 13.0. The van der Waals surface area contributed by atoms with Crippen LogP contribution in [0.5, 0.6) is 0 Å². The van der Waals surface area contributed by atoms with Gasteiger partial charge in [-0.05, 0) is 48.9 Å². The average molecular weight is 431 g/mol. The smallest absolute Gasteiger partial charge is 0.253 e. The van der Waals surface area contributed by atoms with Crippen molar-refractivity contribution in [2.45, 2.75) is 19.3 Å². The predicted octanol–water partition coefficient (Wildman–Crippen LogP) is 4.19. The summed E-state index contributed by atoms with van der Waals surface area (Å²) in [5.41, 5.74) is 1.45. The molecule has 0 saturated heterocycles. The van der Waals surface area contributed by atoms with Crippen LogP contribution < -0.4 is 5.32 Å². The maximum Gasteiger partial charge on any atom is 0.253 e. The summed E-state index contributed by atoms with van der Waals surface area (Å²) < 4.78 is 18.2. The summed E-state index contributed by atoms with van der Waals surface area (Å²) >= 11 is 6.13. The molecule has 156 valence electrons. The van der Waals surface area contributed by atoms with Gasteiger partial charge in [0.15, 0.2) is 0 Å². The molecule has 3 aromatic rings. The first-order valence-corrected chi connectivity index (χ1v) is 9.61. The molecule has 0 aliphatic carbocycles. The Hall–Kier alpha value is -3.26. The van der Waals surface area contributed by atoms with Crippen LogP contribution in [-0.2, 0) is 11.2 Å². The third-order valence-electron chi connectivity index (χ3n) is 4.26. The van der Waals surface area contributed by atoms with Crippen LogP contribution in [0.2, 0.25) is 5.02 Å². The Morgan fingerprint density at radius 1 is 1.17 bits per heavy atom. The van der Waals surface area contributed by atoms with Crippen LogP contribution in [0, 0.1) is 5.82 Å². The van der Waals surface area contributed by atoms with Crippen molar-refractivity contribution in [3.05, 3.63) is 64.8 Å². The van der Waals surface area contributed by atoms with Gasteiger partial charge in [-0.2, -0.15) is 4.98 Å². The summed E-state index contributed by atoms with van der Waals surface area (Å²) in [7, 11) is 3.29. The van der Waals surface area contributed by atoms with Gasteiger partial charge >= 0.3 is 0 Å². The summed E-state index contributed by atoms with van der Waals surface area (Å²) in [6, 6.07) is 10.5. The van der Waals surface area contributed by atoms with E-state index in [0.717, 1.165) is 0 Å². The molecule has 3 rings (SSSR count). The van der Waals surface area contributed by atoms with E-state index in [0.29, 0.717) is 46.4 Å². The molecule has 0 saturated carbocycles. The summed E-state index contributed by atoms with van der Waals surface area (Å²) in [6.45, 7) is 0. The second-order valence-electron chi connectivity index (χ2n) is 6.81. The molecule has 1 heterocycles. The van der Waals surface area contributed by atoms with Crippen LogP contribution in [0.1, 0.15) is 29.1 Å². The van der Waals surface area contributed by atoms with Gasteiger partial charge in [-0.25, -0.2) is 4.39 Å². The van der Waals surface area contributed by atoms with Crippen molar-refractivity contribution >= 4 is 29.1 Å². The fourth-order valence-corrected chi connectivity index (χ4v) is 2.86. The minimum absolute atomic E-state index is 0.185. The van der Waals surface area contributed by atoms with Gasteiger partial charge in [-0.1, -0.05) is 16.8 Å². The van der Waals surface area contributed by atoms with E-state index in [9.17, 15) is 14.0 Å². The number of hydrogen-bond acceptors (Lipinski definition) is 5. The van der Waals surface area contributed by atoms with Gasteiger partial charge in [-0.3, -0.25) is 9.59 Å². The van der Waals surface area contributed by atoms with Crippen molar-refractivity contribution < 1.29 is 18.5 Å². The third-order valence-corrected chi connectivity index (χ3v) is 4.59. The minimum Gasteiger partial charge on any atom is -0.345 e. The van der Waals surface area contributed by atoms with Crippen molar-refractivity contribution in [3.8, 4) is 11.4 Å². The topological polar surface area (TPSA) is 88.3 Å². The quantitative estimate of drug-likeness (QED) is 0.607. The van der Waals surface area contributed by atoms with Crippen molar-refractivity contribution in [1.29, 1.82) is 0 Å². The number of anilines is 1. The van der Waals surface area contributed by atoms with Crippen molar-refractivity contribution in [2.24, 2.45) is 0 Å². The highest BCUT2D eigenvalue weighted by molar-refractivity contribution is 6.33. The number of amides is 2. The highest BCUT2D eigenvalue weighted by Gasteiger charge is 2.13. The number of nitrogens with one attached hydrogen (secondary N) is 1. The standard InChI is InChI=1S/C21H20ClFN4O3/c1-27(2)21(29)14-8-11-16(22)17(12-14)24-18(28)4-3-5-19-25-20(26-30-19)13-6-9-15(23)10-7-13/h6-12H,3-5H2,1-2H3,(H,24,28). The van der Waals surface area contributed by atoms with Crippen molar-refractivity contribution in [2.75, 3.05) is 19.4 Å². The van der Waals surface area contributed by atoms with E-state index >= 15 is 0 Å². The van der Waals surface area contributed by atoms with E-state index in [2.05, 4.69) is 15.5 Å². The third kappa shape index (κ3) is 5.42. The van der Waals surface area contributed by atoms with E-state index in [4.69, 9.17) is 16.1 Å². The van der Waals surface area contributed by atoms with E-state index in [1.165, 1.54) is 17.0 Å². The molecule has 1 N–H and O–H groups in total. The number of aryl methyl sites for hydroxylation is 1. The molecule has 30 heavy (non-hydrogen) atoms. The number of rotatable bonds is 7. The van der Waals surface area contributed by atoms with Crippen LogP contribution in [0.4, 0.5) is 10.1 Å². The Labute approximate surface area is 177 Å². The Kier molecular flexibility index (Phi) is 6.79. The first-order valence-electron chi connectivity index (χ1n) is 9.23. The van der Waals surface area contributed by atoms with Crippen LogP contribution in [0.25, 0.3) is 11.4 Å². The number of halogens is 2. The second-order valence-corrected chi connectivity index (χ2v) is 7.22. The Bertz CT molecular complexity index is 1050. The lowest BCUT2D eigenvalue weighted by Gasteiger charge is -2.13. The molecule has 0 fully saturated rings. The van der Waals surface area contributed by atoms with Gasteiger partial charge in [-0.15, -0.1) is 0 Å². The SMILES string of the molecule is CN(C)C(=O)c1ccc(Cl)c(NC(=O)CCCc2nc(-c3ccc(F)cc3)no2)c1. The first kappa shape index (κ1) is 21.4. The molecule has 2 amide bonds. The Balaban J connectivity index is 1.54. The lowest BCUT2D eigenvalue weighted by Crippen LogP contribution is -2.22. The van der Waals surface area contributed by atoms with Crippen molar-refractivity contribution in [3.63, 3.8) is 0 Å². The van der Waals surface area contributed by atoms with Crippen molar-refractivity contribution in [1.82, 2.24) is 15.0 Å². The fraction of sp³-hybridized carbons (Fsp3) is 0.238. The molecular formula is C21H20ClFN4O3. The normalized spacial score (nSPS) is 10.7. The molecule has 0 radical (unpaired) electrons. The first-order chi connectivity index (χ1) is 14.3. The number of hydrogen-bond donors (Lipinski definition) is 1. The van der Waals surface area contributed by atoms with Gasteiger partial charge in [0.2, 0.25) is 17.6 Å². The van der Waals surface area contributed by atoms with Gasteiger partial charge in [0.25, 0.3) is 5.91 Å². The van der Waals surface area contributed by atoms with E-state index in [1.54, 1.807) is 44.4 Å². The molecule has 9 heteroatoms. The average Bonchev–Trinajstić information content (AvgIpc) is 3.18. The van der Waals surface area contributed by atoms with Crippen LogP contribution in [0.15, 0.2) is 47.0 Å². The summed E-state index contributed by atoms with van der Waals surface area (Å²) in [5, 5.41) is 6.94. The Morgan fingerprint density at radius 3 is 2.60 bits per heavy atom. The van der Waals surface area contributed by atoms with Crippen LogP contribution >= 0.6 is 11.6 Å². The maximum atomic E-state index is 13.0. The molecule has 0 spiro atoms. The monoisotopic (exact) mass is 430 g/mol. The molecule has 0 atom stereocenters. The largest absolute Gasteiger partial charge is 0.345 e. The molecule has 1 aromatic heterocycles. The molecule has 0 unspecified atom stereocenters. The lowest BCUT2D eigenvalue weighted by atomic mass is 10.1. The zero-order valence-electron chi connectivity index (χ0n) is 16.5. The molecule has 0 bridgehead atoms. The van der Waals surface area contributed by atoms with E-state index < -0.39 is 0 Å². The second kappa shape index (κ2) is 9.49. The number of benzene rings is 2. The predicted molar refractivity (Wildman–Crippen MR) is 111 cm³/mol. The number of nitrogens with zero attached hydrogens (tertiary/aromatic N) is 3.